The molecule has 0 aliphatic heterocycles. The van der Waals surface area contributed by atoms with Crippen LogP contribution in [0.2, 0.25) is 0 Å². The number of nitrogens with one attached hydrogen (secondary N) is 6. The molecule has 6 amide bonds. The van der Waals surface area contributed by atoms with Crippen molar-refractivity contribution in [2.45, 2.75) is 166 Å². The minimum Gasteiger partial charge on any atom is -0.464 e. The van der Waals surface area contributed by atoms with Crippen molar-refractivity contribution >= 4 is 36.0 Å². The summed E-state index contributed by atoms with van der Waals surface area (Å²) in [6.07, 6.45) is 20.6. The quantitative estimate of drug-likeness (QED) is 0.0169. The molecule has 0 bridgehead atoms. The van der Waals surface area contributed by atoms with Crippen molar-refractivity contribution in [1.82, 2.24) is 31.9 Å². The Balaban J connectivity index is -0.00000253. The molecule has 0 spiro atoms. The minimum atomic E-state index is -1.19. The maximum atomic E-state index is 13.9. The van der Waals surface area contributed by atoms with E-state index in [1.54, 1.807) is 24.3 Å². The maximum absolute atomic E-state index is 13.9. The second kappa shape index (κ2) is 36.1. The molecule has 6 N–H and O–H groups in total. The fraction of sp³-hybridized carbons (Fsp3) is 0.467. The second-order valence-electron chi connectivity index (χ2n) is 18.5. The summed E-state index contributed by atoms with van der Waals surface area (Å²) in [5.41, 5.74) is 2.37. The number of urea groups is 3. The Bertz CT molecular complexity index is 2400. The zero-order valence-corrected chi connectivity index (χ0v) is 43.5. The average molecular weight is 1040 g/mol. The van der Waals surface area contributed by atoms with Crippen molar-refractivity contribution < 1.29 is 54.4 Å². The third-order valence-electron chi connectivity index (χ3n) is 12.3. The van der Waals surface area contributed by atoms with E-state index in [2.05, 4.69) is 87.4 Å². The number of ether oxygens (including phenoxy) is 3. The molecule has 1 fully saturated rings. The summed E-state index contributed by atoms with van der Waals surface area (Å²) in [6, 6.07) is 20.4. The van der Waals surface area contributed by atoms with E-state index in [-0.39, 0.29) is 63.2 Å². The molecule has 1 aliphatic rings. The van der Waals surface area contributed by atoms with Crippen molar-refractivity contribution in [3.05, 3.63) is 108 Å². The number of rotatable bonds is 29. The van der Waals surface area contributed by atoms with Gasteiger partial charge in [-0.25, -0.2) is 28.8 Å². The van der Waals surface area contributed by atoms with E-state index in [0.29, 0.717) is 12.8 Å². The summed E-state index contributed by atoms with van der Waals surface area (Å²) in [6.45, 7) is 4.76. The minimum absolute atomic E-state index is 0. The molecule has 15 heteroatoms. The second-order valence-corrected chi connectivity index (χ2v) is 18.5. The smallest absolute Gasteiger partial charge is 0.342 e. The molecular weight excluding hydrogens is 949 g/mol. The summed E-state index contributed by atoms with van der Waals surface area (Å²) in [5, 5.41) is 17.2. The van der Waals surface area contributed by atoms with E-state index < -0.39 is 72.3 Å². The number of esters is 3. The maximum Gasteiger partial charge on any atom is 0.342 e. The molecule has 1 unspecified atom stereocenters. The third kappa shape index (κ3) is 25.6. The van der Waals surface area contributed by atoms with Crippen LogP contribution in [0.15, 0.2) is 91.0 Å². The molecule has 1 saturated carbocycles. The van der Waals surface area contributed by atoms with Gasteiger partial charge in [0.05, 0.1) is 13.2 Å². The van der Waals surface area contributed by atoms with Gasteiger partial charge in [0.15, 0.2) is 0 Å². The van der Waals surface area contributed by atoms with E-state index in [1.165, 1.54) is 0 Å². The van der Waals surface area contributed by atoms with Crippen molar-refractivity contribution in [3.63, 3.8) is 0 Å². The van der Waals surface area contributed by atoms with Crippen LogP contribution in [0.25, 0.3) is 0 Å². The van der Waals surface area contributed by atoms with Gasteiger partial charge in [-0.1, -0.05) is 169 Å². The van der Waals surface area contributed by atoms with Gasteiger partial charge in [-0.2, -0.15) is 0 Å². The van der Waals surface area contributed by atoms with E-state index in [0.717, 1.165) is 80.9 Å². The van der Waals surface area contributed by atoms with Crippen molar-refractivity contribution in [1.29, 1.82) is 0 Å². The third-order valence-corrected chi connectivity index (χ3v) is 12.3. The molecule has 4 rings (SSSR count). The van der Waals surface area contributed by atoms with Gasteiger partial charge in [0.2, 0.25) is 0 Å². The SMILES string of the molecule is C#CC#CC#CC#COC(=O)[C@H](Cc1ccccc1)NC(=O)NC1C[C@@H](NC(=O)N[C@@H](Cc2ccccc2)C(=O)OCCCCCCCC)C[C@@H](NC(=O)N[C@@H](Cc2ccccc2)C(=O)OCCCCCCCC)C1.[HH].[HH].[HH].[HH].[HH].[HH].[HH].[HH]. The lowest BCUT2D eigenvalue weighted by Crippen LogP contribution is -2.59. The summed E-state index contributed by atoms with van der Waals surface area (Å²) < 4.78 is 16.5. The first-order valence-corrected chi connectivity index (χ1v) is 26.4. The highest BCUT2D eigenvalue weighted by Crippen LogP contribution is 2.21. The lowest BCUT2D eigenvalue weighted by molar-refractivity contribution is -0.146. The normalized spacial score (nSPS) is 15.5. The van der Waals surface area contributed by atoms with Crippen LogP contribution >= 0.6 is 0 Å². The zero-order valence-electron chi connectivity index (χ0n) is 43.5. The summed E-state index contributed by atoms with van der Waals surface area (Å²) in [4.78, 5) is 82.1. The highest BCUT2D eigenvalue weighted by molar-refractivity contribution is 5.86. The molecular formula is C60H90N6O9. The van der Waals surface area contributed by atoms with Crippen LogP contribution in [0, 0.1) is 48.1 Å². The summed E-state index contributed by atoms with van der Waals surface area (Å²) in [7, 11) is 0. The Morgan fingerprint density at radius 3 is 1.19 bits per heavy atom. The highest BCUT2D eigenvalue weighted by Gasteiger charge is 2.35. The topological polar surface area (TPSA) is 202 Å². The lowest BCUT2D eigenvalue weighted by atomic mass is 9.87. The lowest BCUT2D eigenvalue weighted by Gasteiger charge is -2.36. The van der Waals surface area contributed by atoms with Crippen LogP contribution in [0.4, 0.5) is 14.4 Å². The Morgan fingerprint density at radius 2 is 0.813 bits per heavy atom. The molecule has 15 nitrogen and oxygen atoms in total. The van der Waals surface area contributed by atoms with Crippen molar-refractivity contribution in [2.24, 2.45) is 0 Å². The van der Waals surface area contributed by atoms with Crippen LogP contribution in [-0.2, 0) is 47.9 Å². The van der Waals surface area contributed by atoms with Crippen molar-refractivity contribution in [2.75, 3.05) is 13.2 Å². The molecule has 0 heterocycles. The first-order valence-electron chi connectivity index (χ1n) is 26.4. The van der Waals surface area contributed by atoms with E-state index in [1.807, 2.05) is 66.7 Å². The highest BCUT2D eigenvalue weighted by atomic mass is 16.5. The van der Waals surface area contributed by atoms with Gasteiger partial charge in [-0.05, 0) is 66.6 Å². The molecule has 1 aliphatic carbocycles. The molecule has 0 saturated heterocycles. The number of benzene rings is 3. The first kappa shape index (κ1) is 59.7. The van der Waals surface area contributed by atoms with Gasteiger partial charge >= 0.3 is 36.0 Å². The number of amides is 6. The Labute approximate surface area is 455 Å². The number of carbonyl (C=O) groups excluding carboxylic acids is 6. The fourth-order valence-corrected chi connectivity index (χ4v) is 8.57. The number of hydrogen-bond donors (Lipinski definition) is 6. The molecule has 0 aromatic heterocycles. The van der Waals surface area contributed by atoms with Gasteiger partial charge in [-0.15, -0.1) is 6.42 Å². The van der Waals surface area contributed by atoms with Gasteiger partial charge < -0.3 is 46.1 Å². The number of hydrogen-bond acceptors (Lipinski definition) is 9. The first-order chi connectivity index (χ1) is 36.6. The van der Waals surface area contributed by atoms with Gasteiger partial charge in [-0.3, -0.25) is 0 Å². The van der Waals surface area contributed by atoms with E-state index in [9.17, 15) is 28.8 Å². The molecule has 0 radical (unpaired) electrons. The predicted octanol–water partition coefficient (Wildman–Crippen LogP) is 9.93. The Hall–Kier alpha value is -7.88. The largest absolute Gasteiger partial charge is 0.464 e. The number of unbranched alkanes of at least 4 members (excludes halogenated alkanes) is 10. The van der Waals surface area contributed by atoms with Crippen LogP contribution in [0.5, 0.6) is 0 Å². The number of carbonyl (C=O) groups is 6. The van der Waals surface area contributed by atoms with Crippen LogP contribution < -0.4 is 31.9 Å². The predicted molar refractivity (Wildman–Crippen MR) is 306 cm³/mol. The van der Waals surface area contributed by atoms with E-state index >= 15 is 0 Å². The molecule has 3 aromatic rings. The van der Waals surface area contributed by atoms with Crippen LogP contribution in [0.3, 0.4) is 0 Å². The van der Waals surface area contributed by atoms with E-state index in [4.69, 9.17) is 20.6 Å². The molecule has 75 heavy (non-hydrogen) atoms. The van der Waals surface area contributed by atoms with Crippen molar-refractivity contribution in [3.8, 4) is 48.1 Å². The molecule has 6 atom stereocenters. The van der Waals surface area contributed by atoms with Crippen LogP contribution in [0.1, 0.15) is 138 Å². The summed E-state index contributed by atoms with van der Waals surface area (Å²) in [5.74, 6) is 12.1. The van der Waals surface area contributed by atoms with Gasteiger partial charge in [0.25, 0.3) is 0 Å². The molecule has 414 valence electrons. The van der Waals surface area contributed by atoms with Gasteiger partial charge in [0, 0.05) is 66.6 Å². The number of terminal acetylenes is 1. The molecule has 3 aromatic carbocycles. The Morgan fingerprint density at radius 1 is 0.480 bits per heavy atom. The van der Waals surface area contributed by atoms with Crippen LogP contribution in [-0.4, -0.2) is 85.5 Å². The van der Waals surface area contributed by atoms with Gasteiger partial charge in [0.1, 0.15) is 24.2 Å². The fourth-order valence-electron chi connectivity index (χ4n) is 8.57. The average Bonchev–Trinajstić information content (AvgIpc) is 3.40. The Kier molecular flexibility index (Phi) is 28.7. The standard InChI is InChI=1S/C60H74N6O9.8H2/c1-4-7-10-13-16-28-37-73-55(67)52(40-46-31-22-19-23-32-46)64-58(70)61-49-43-50(62-59(71)65-53(41-47-33-24-20-25-34-47)56(68)74-38-29-17-14-11-8-5-2)45-51(44-49)63-60(72)66-54(42-48-35-26-21-27-36-48)57(69)75-39-30-18-15-12-9-6-3;;;;;;;;/h1,19-27,31-36,49-54H,5-6,8-9,11-12,14-15,17-18,29-30,38-45H2,2-3H3,(H2,61,64,70)(H2,62,65,71)(H2,63,66,72);8*1H/t49?,50-,51+,52-,53-,54-;;;;;;;;/m0......../s1. The monoisotopic (exact) mass is 1040 g/mol. The summed E-state index contributed by atoms with van der Waals surface area (Å²) >= 11 is 0. The zero-order chi connectivity index (χ0) is 53.7.